The van der Waals surface area contributed by atoms with Crippen LogP contribution in [0, 0.1) is 6.92 Å². The number of carbonyl (C=O) groups is 5. The van der Waals surface area contributed by atoms with Crippen molar-refractivity contribution in [2.45, 2.75) is 39.0 Å². The minimum absolute atomic E-state index is 0.00146. The topological polar surface area (TPSA) is 128 Å². The van der Waals surface area contributed by atoms with E-state index in [-0.39, 0.29) is 41.2 Å². The van der Waals surface area contributed by atoms with Crippen molar-refractivity contribution in [3.05, 3.63) is 124 Å². The summed E-state index contributed by atoms with van der Waals surface area (Å²) in [6.07, 6.45) is -5.04. The van der Waals surface area contributed by atoms with Crippen molar-refractivity contribution in [3.8, 4) is 11.1 Å². The number of aryl methyl sites for hydroxylation is 1. The maximum absolute atomic E-state index is 13.8. The Morgan fingerprint density at radius 1 is 0.750 bits per heavy atom. The van der Waals surface area contributed by atoms with Gasteiger partial charge in [-0.25, -0.2) is 9.59 Å². The highest BCUT2D eigenvalue weighted by atomic mass is 19.4. The molecule has 272 valence electrons. The van der Waals surface area contributed by atoms with Gasteiger partial charge in [-0.2, -0.15) is 13.2 Å². The van der Waals surface area contributed by atoms with E-state index < -0.39 is 53.5 Å². The number of amides is 2. The number of anilines is 1. The van der Waals surface area contributed by atoms with E-state index in [0.29, 0.717) is 16.7 Å². The summed E-state index contributed by atoms with van der Waals surface area (Å²) in [4.78, 5) is 68.6. The molecule has 0 aromatic heterocycles. The molecule has 0 saturated heterocycles. The predicted molar refractivity (Wildman–Crippen MR) is 185 cm³/mol. The van der Waals surface area contributed by atoms with E-state index in [1.54, 1.807) is 43.3 Å². The maximum Gasteiger partial charge on any atom is 0.416 e. The first-order valence-corrected chi connectivity index (χ1v) is 16.2. The molecule has 10 nitrogen and oxygen atoms in total. The number of carbonyl (C=O) groups excluding carboxylic acids is 5. The Kier molecular flexibility index (Phi) is 12.2. The van der Waals surface area contributed by atoms with E-state index in [0.717, 1.165) is 12.1 Å². The fourth-order valence-electron chi connectivity index (χ4n) is 5.43. The van der Waals surface area contributed by atoms with Gasteiger partial charge in [0.25, 0.3) is 11.8 Å². The summed E-state index contributed by atoms with van der Waals surface area (Å²) in [7, 11) is 2.98. The van der Waals surface area contributed by atoms with Crippen LogP contribution in [0.5, 0.6) is 0 Å². The van der Waals surface area contributed by atoms with Gasteiger partial charge in [-0.1, -0.05) is 66.7 Å². The van der Waals surface area contributed by atoms with Crippen molar-refractivity contribution < 1.29 is 51.4 Å². The van der Waals surface area contributed by atoms with Crippen molar-refractivity contribution in [2.75, 3.05) is 32.6 Å². The van der Waals surface area contributed by atoms with Crippen LogP contribution in [-0.2, 0) is 46.8 Å². The molecule has 0 aliphatic carbocycles. The molecular weight excluding hydrogens is 681 g/mol. The van der Waals surface area contributed by atoms with Crippen LogP contribution in [0.4, 0.5) is 18.9 Å². The Morgan fingerprint density at radius 2 is 1.37 bits per heavy atom. The van der Waals surface area contributed by atoms with Crippen molar-refractivity contribution >= 4 is 35.4 Å². The summed E-state index contributed by atoms with van der Waals surface area (Å²) in [5.41, 5.74) is -1.63. The molecule has 0 unspecified atom stereocenters. The Balaban J connectivity index is 1.69. The number of halogens is 3. The lowest BCUT2D eigenvalue weighted by Crippen LogP contribution is -2.50. The molecule has 13 heteroatoms. The second-order valence-electron chi connectivity index (χ2n) is 11.7. The minimum Gasteiger partial charge on any atom is -0.462 e. The summed E-state index contributed by atoms with van der Waals surface area (Å²) in [6, 6.07) is 21.2. The highest BCUT2D eigenvalue weighted by Crippen LogP contribution is 2.34. The maximum atomic E-state index is 13.8. The molecule has 2 amide bonds. The molecular formula is C39H37F3N2O8. The van der Waals surface area contributed by atoms with Gasteiger partial charge in [0.05, 0.1) is 42.0 Å². The third-order valence-corrected chi connectivity index (χ3v) is 7.91. The number of ether oxygens (including phenoxy) is 3. The van der Waals surface area contributed by atoms with Crippen LogP contribution >= 0.6 is 0 Å². The summed E-state index contributed by atoms with van der Waals surface area (Å²) < 4.78 is 55.6. The molecule has 0 saturated carbocycles. The Morgan fingerprint density at radius 3 is 1.92 bits per heavy atom. The van der Waals surface area contributed by atoms with Gasteiger partial charge in [0.1, 0.15) is 0 Å². The number of esters is 3. The molecule has 0 atom stereocenters. The third kappa shape index (κ3) is 8.48. The van der Waals surface area contributed by atoms with Crippen LogP contribution in [0.15, 0.2) is 91.0 Å². The Bertz CT molecular complexity index is 1940. The van der Waals surface area contributed by atoms with E-state index in [2.05, 4.69) is 5.32 Å². The number of hydrogen-bond acceptors (Lipinski definition) is 8. The summed E-state index contributed by atoms with van der Waals surface area (Å²) >= 11 is 0. The van der Waals surface area contributed by atoms with Gasteiger partial charge in [-0.3, -0.25) is 14.4 Å². The second-order valence-corrected chi connectivity index (χ2v) is 11.7. The Hall–Kier alpha value is -5.98. The minimum atomic E-state index is -4.53. The SMILES string of the molecule is CCOC(=O)C(OC(=O)Cc1ccc(NC(=O)c2c(C)cccc2-c2ccc(C(F)(F)F)cc2)c(C(=O)N(C)C)c1)(C(=O)OCC)c1ccccc1. The lowest BCUT2D eigenvalue weighted by Gasteiger charge is -2.29. The average Bonchev–Trinajstić information content (AvgIpc) is 3.10. The van der Waals surface area contributed by atoms with Crippen LogP contribution in [-0.4, -0.2) is 61.9 Å². The molecule has 0 spiro atoms. The lowest BCUT2D eigenvalue weighted by molar-refractivity contribution is -0.198. The number of nitrogens with one attached hydrogen (secondary N) is 1. The standard InChI is InChI=1S/C39H37F3N2O8/c1-6-50-36(48)38(37(49)51-7-2,27-13-9-8-10-14-27)52-32(45)23-25-16-21-31(30(22-25)35(47)44(4)5)43-34(46)33-24(3)12-11-15-29(33)26-17-19-28(20-18-26)39(40,41)42/h8-22H,6-7,23H2,1-5H3,(H,43,46). The molecule has 0 bridgehead atoms. The summed E-state index contributed by atoms with van der Waals surface area (Å²) in [5.74, 6) is -4.49. The fraction of sp³-hybridized carbons (Fsp3) is 0.256. The van der Waals surface area contributed by atoms with Gasteiger partial charge in [-0.15, -0.1) is 0 Å². The molecule has 0 radical (unpaired) electrons. The van der Waals surface area contributed by atoms with Gasteiger partial charge in [-0.05, 0) is 67.3 Å². The molecule has 1 N–H and O–H groups in total. The van der Waals surface area contributed by atoms with Crippen molar-refractivity contribution in [1.29, 1.82) is 0 Å². The molecule has 0 aliphatic rings. The zero-order valence-corrected chi connectivity index (χ0v) is 29.1. The van der Waals surface area contributed by atoms with E-state index in [1.165, 1.54) is 75.3 Å². The second kappa shape index (κ2) is 16.4. The van der Waals surface area contributed by atoms with E-state index in [9.17, 15) is 37.1 Å². The first-order valence-electron chi connectivity index (χ1n) is 16.2. The smallest absolute Gasteiger partial charge is 0.416 e. The van der Waals surface area contributed by atoms with Crippen LogP contribution in [0.2, 0.25) is 0 Å². The average molecular weight is 719 g/mol. The molecule has 0 heterocycles. The quantitative estimate of drug-likeness (QED) is 0.0970. The Labute approximate surface area is 298 Å². The number of rotatable bonds is 12. The van der Waals surface area contributed by atoms with Crippen LogP contribution in [0.3, 0.4) is 0 Å². The van der Waals surface area contributed by atoms with E-state index in [4.69, 9.17) is 14.2 Å². The number of nitrogens with zero attached hydrogens (tertiary/aromatic N) is 1. The lowest BCUT2D eigenvalue weighted by atomic mass is 9.93. The molecule has 4 aromatic carbocycles. The van der Waals surface area contributed by atoms with Gasteiger partial charge >= 0.3 is 29.7 Å². The zero-order chi connectivity index (χ0) is 38.2. The molecule has 4 rings (SSSR count). The van der Waals surface area contributed by atoms with Crippen molar-refractivity contribution in [2.24, 2.45) is 0 Å². The normalized spacial score (nSPS) is 11.3. The molecule has 0 aliphatic heterocycles. The molecule has 0 fully saturated rings. The summed E-state index contributed by atoms with van der Waals surface area (Å²) in [6.45, 7) is 4.48. The van der Waals surface area contributed by atoms with E-state index in [1.807, 2.05) is 0 Å². The number of benzene rings is 4. The van der Waals surface area contributed by atoms with Crippen molar-refractivity contribution in [3.63, 3.8) is 0 Å². The van der Waals surface area contributed by atoms with Gasteiger partial charge in [0.2, 0.25) is 0 Å². The highest BCUT2D eigenvalue weighted by Gasteiger charge is 2.55. The number of hydrogen-bond donors (Lipinski definition) is 1. The first-order chi connectivity index (χ1) is 24.6. The van der Waals surface area contributed by atoms with Crippen LogP contribution < -0.4 is 5.32 Å². The summed E-state index contributed by atoms with van der Waals surface area (Å²) in [5, 5.41) is 2.74. The van der Waals surface area contributed by atoms with Crippen LogP contribution in [0.1, 0.15) is 56.8 Å². The highest BCUT2D eigenvalue weighted by molar-refractivity contribution is 6.12. The monoisotopic (exact) mass is 718 g/mol. The largest absolute Gasteiger partial charge is 0.462 e. The van der Waals surface area contributed by atoms with Gasteiger partial charge < -0.3 is 24.4 Å². The van der Waals surface area contributed by atoms with Crippen molar-refractivity contribution in [1.82, 2.24) is 4.90 Å². The van der Waals surface area contributed by atoms with Crippen LogP contribution in [0.25, 0.3) is 11.1 Å². The number of alkyl halides is 3. The first kappa shape index (κ1) is 38.8. The molecule has 4 aromatic rings. The fourth-order valence-corrected chi connectivity index (χ4v) is 5.43. The predicted octanol–water partition coefficient (Wildman–Crippen LogP) is 6.74. The van der Waals surface area contributed by atoms with Gasteiger partial charge in [0, 0.05) is 19.7 Å². The van der Waals surface area contributed by atoms with E-state index >= 15 is 0 Å². The van der Waals surface area contributed by atoms with Gasteiger partial charge in [0.15, 0.2) is 0 Å². The molecule has 52 heavy (non-hydrogen) atoms. The zero-order valence-electron chi connectivity index (χ0n) is 29.1. The third-order valence-electron chi connectivity index (χ3n) is 7.91.